The molecule has 0 spiro atoms. The lowest BCUT2D eigenvalue weighted by Crippen LogP contribution is -2.03. The molecule has 0 fully saturated rings. The minimum absolute atomic E-state index is 0.820. The summed E-state index contributed by atoms with van der Waals surface area (Å²) in [4.78, 5) is 5.48. The third-order valence-corrected chi connectivity index (χ3v) is 14.4. The van der Waals surface area contributed by atoms with Crippen molar-refractivity contribution in [1.82, 2.24) is 9.55 Å². The van der Waals surface area contributed by atoms with E-state index in [1.165, 1.54) is 42.4 Å². The molecule has 0 atom stereocenters. The maximum absolute atomic E-state index is 6.00. The second kappa shape index (κ2) is 17.3. The van der Waals surface area contributed by atoms with Gasteiger partial charge in [0.2, 0.25) is 0 Å². The standard InChI is InChI=1S/C64H45N3S/c1-2-42(38-39-65)54-33-19-35-57(66-54)67-55-37-36-48(47-28-17-29-49(40-47)50-31-18-32-52-51-30-15-16-34-56(51)68-64(50)52)41-53(55)62-60(45-24-11-5-12-25-45)58(43-20-7-3-8-21-43)59(44-22-9-4-10-23-44)61(63(62)67)46-26-13-6-14-27-46/h2-41H,65H2,1H3/b39-38-,42-2+. The third-order valence-electron chi connectivity index (χ3n) is 13.2. The molecule has 322 valence electrons. The summed E-state index contributed by atoms with van der Waals surface area (Å²) in [6.45, 7) is 2.03. The first-order valence-corrected chi connectivity index (χ1v) is 23.9. The van der Waals surface area contributed by atoms with E-state index in [1.807, 2.05) is 24.3 Å². The molecule has 12 aromatic rings. The Morgan fingerprint density at radius 3 is 1.69 bits per heavy atom. The number of hydrogen-bond acceptors (Lipinski definition) is 3. The maximum Gasteiger partial charge on any atom is 0.138 e. The Balaban J connectivity index is 1.24. The lowest BCUT2D eigenvalue weighted by Gasteiger charge is -2.24. The second-order valence-electron chi connectivity index (χ2n) is 17.1. The average molecular weight is 888 g/mol. The Morgan fingerprint density at radius 1 is 0.471 bits per heavy atom. The first kappa shape index (κ1) is 40.9. The van der Waals surface area contributed by atoms with Crippen molar-refractivity contribution >= 4 is 58.9 Å². The van der Waals surface area contributed by atoms with Crippen molar-refractivity contribution in [2.24, 2.45) is 5.73 Å². The van der Waals surface area contributed by atoms with Crippen LogP contribution >= 0.6 is 11.3 Å². The molecule has 0 saturated carbocycles. The Morgan fingerprint density at radius 2 is 1.01 bits per heavy atom. The number of nitrogens with zero attached hydrogens (tertiary/aromatic N) is 2. The zero-order valence-electron chi connectivity index (χ0n) is 37.5. The molecule has 12 rings (SSSR count). The summed E-state index contributed by atoms with van der Waals surface area (Å²) < 4.78 is 5.03. The summed E-state index contributed by atoms with van der Waals surface area (Å²) in [5.41, 5.74) is 23.9. The monoisotopic (exact) mass is 887 g/mol. The highest BCUT2D eigenvalue weighted by atomic mass is 32.1. The molecule has 0 aliphatic heterocycles. The van der Waals surface area contributed by atoms with Crippen LogP contribution in [0.15, 0.2) is 243 Å². The zero-order valence-corrected chi connectivity index (χ0v) is 38.3. The van der Waals surface area contributed by atoms with Gasteiger partial charge in [0, 0.05) is 47.6 Å². The summed E-state index contributed by atoms with van der Waals surface area (Å²) >= 11 is 1.87. The smallest absolute Gasteiger partial charge is 0.138 e. The Kier molecular flexibility index (Phi) is 10.4. The van der Waals surface area contributed by atoms with Gasteiger partial charge in [0.1, 0.15) is 5.82 Å². The second-order valence-corrected chi connectivity index (χ2v) is 18.2. The molecule has 0 saturated heterocycles. The van der Waals surface area contributed by atoms with E-state index >= 15 is 0 Å². The minimum atomic E-state index is 0.820. The molecule has 0 unspecified atom stereocenters. The van der Waals surface area contributed by atoms with Crippen molar-refractivity contribution in [1.29, 1.82) is 0 Å². The highest BCUT2D eigenvalue weighted by molar-refractivity contribution is 7.26. The van der Waals surface area contributed by atoms with Gasteiger partial charge < -0.3 is 5.73 Å². The van der Waals surface area contributed by atoms with Gasteiger partial charge in [-0.05, 0) is 111 Å². The van der Waals surface area contributed by atoms with Crippen molar-refractivity contribution in [3.8, 4) is 72.6 Å². The van der Waals surface area contributed by atoms with Gasteiger partial charge in [-0.1, -0.05) is 194 Å². The molecule has 4 heteroatoms. The van der Waals surface area contributed by atoms with Gasteiger partial charge in [-0.3, -0.25) is 4.57 Å². The number of nitrogens with two attached hydrogens (primary N) is 1. The molecular formula is C64H45N3S. The van der Waals surface area contributed by atoms with Gasteiger partial charge >= 0.3 is 0 Å². The van der Waals surface area contributed by atoms with Crippen LogP contribution in [0.2, 0.25) is 0 Å². The molecule has 0 aliphatic rings. The molecule has 0 bridgehead atoms. The molecule has 3 nitrogen and oxygen atoms in total. The number of thiophene rings is 1. The van der Waals surface area contributed by atoms with Crippen LogP contribution in [0.3, 0.4) is 0 Å². The summed E-state index contributed by atoms with van der Waals surface area (Å²) in [5, 5.41) is 4.91. The van der Waals surface area contributed by atoms with Crippen molar-refractivity contribution in [3.05, 3.63) is 249 Å². The number of allylic oxidation sites excluding steroid dienone is 3. The normalized spacial score (nSPS) is 12.0. The van der Waals surface area contributed by atoms with Crippen LogP contribution in [0.1, 0.15) is 12.6 Å². The van der Waals surface area contributed by atoms with E-state index in [0.717, 1.165) is 83.4 Å². The van der Waals surface area contributed by atoms with Crippen molar-refractivity contribution < 1.29 is 0 Å². The van der Waals surface area contributed by atoms with E-state index in [4.69, 9.17) is 10.7 Å². The van der Waals surface area contributed by atoms with Crippen LogP contribution in [0.25, 0.3) is 120 Å². The van der Waals surface area contributed by atoms with Gasteiger partial charge in [0.05, 0.1) is 16.7 Å². The fraction of sp³-hybridized carbons (Fsp3) is 0.0156. The van der Waals surface area contributed by atoms with Gasteiger partial charge in [-0.15, -0.1) is 11.3 Å². The lowest BCUT2D eigenvalue weighted by atomic mass is 9.80. The largest absolute Gasteiger partial charge is 0.405 e. The topological polar surface area (TPSA) is 43.8 Å². The van der Waals surface area contributed by atoms with E-state index in [9.17, 15) is 0 Å². The number of rotatable bonds is 9. The molecule has 68 heavy (non-hydrogen) atoms. The minimum Gasteiger partial charge on any atom is -0.405 e. The van der Waals surface area contributed by atoms with E-state index in [-0.39, 0.29) is 0 Å². The number of fused-ring (bicyclic) bond motifs is 6. The third kappa shape index (κ3) is 6.93. The Hall–Kier alpha value is -8.57. The number of hydrogen-bond donors (Lipinski definition) is 1. The van der Waals surface area contributed by atoms with Gasteiger partial charge in [0.15, 0.2) is 0 Å². The van der Waals surface area contributed by atoms with Gasteiger partial charge in [-0.25, -0.2) is 4.98 Å². The average Bonchev–Trinajstić information content (AvgIpc) is 3.96. The van der Waals surface area contributed by atoms with E-state index < -0.39 is 0 Å². The predicted molar refractivity (Wildman–Crippen MR) is 291 cm³/mol. The highest BCUT2D eigenvalue weighted by Gasteiger charge is 2.29. The fourth-order valence-corrected chi connectivity index (χ4v) is 11.5. The fourth-order valence-electron chi connectivity index (χ4n) is 10.2. The Bertz CT molecular complexity index is 3900. The quantitative estimate of drug-likeness (QED) is 0.147. The van der Waals surface area contributed by atoms with Crippen LogP contribution in [0, 0.1) is 0 Å². The first-order valence-electron chi connectivity index (χ1n) is 23.1. The van der Waals surface area contributed by atoms with Crippen molar-refractivity contribution in [2.45, 2.75) is 6.92 Å². The summed E-state index contributed by atoms with van der Waals surface area (Å²) in [6.07, 6.45) is 5.56. The van der Waals surface area contributed by atoms with Crippen LogP contribution in [-0.4, -0.2) is 9.55 Å². The molecule has 3 heterocycles. The number of pyridine rings is 1. The van der Waals surface area contributed by atoms with Gasteiger partial charge in [0.25, 0.3) is 0 Å². The van der Waals surface area contributed by atoms with Crippen molar-refractivity contribution in [2.75, 3.05) is 0 Å². The summed E-state index contributed by atoms with van der Waals surface area (Å²) in [7, 11) is 0. The van der Waals surface area contributed by atoms with Gasteiger partial charge in [-0.2, -0.15) is 0 Å². The first-order chi connectivity index (χ1) is 33.7. The van der Waals surface area contributed by atoms with Crippen LogP contribution in [-0.2, 0) is 0 Å². The van der Waals surface area contributed by atoms with Crippen LogP contribution < -0.4 is 5.73 Å². The molecule has 0 amide bonds. The molecule has 0 radical (unpaired) electrons. The van der Waals surface area contributed by atoms with Crippen molar-refractivity contribution in [3.63, 3.8) is 0 Å². The molecular weight excluding hydrogens is 843 g/mol. The molecule has 0 aliphatic carbocycles. The number of benzene rings is 9. The lowest BCUT2D eigenvalue weighted by molar-refractivity contribution is 1.07. The summed E-state index contributed by atoms with van der Waals surface area (Å²) in [5.74, 6) is 0.820. The maximum atomic E-state index is 6.00. The number of aromatic nitrogens is 2. The summed E-state index contributed by atoms with van der Waals surface area (Å²) in [6, 6.07) is 81.6. The molecule has 3 aromatic heterocycles. The predicted octanol–water partition coefficient (Wildman–Crippen LogP) is 17.4. The van der Waals surface area contributed by atoms with E-state index in [2.05, 4.69) is 235 Å². The Labute approximate surface area is 400 Å². The van der Waals surface area contributed by atoms with Crippen LogP contribution in [0.4, 0.5) is 0 Å². The van der Waals surface area contributed by atoms with Crippen LogP contribution in [0.5, 0.6) is 0 Å². The highest BCUT2D eigenvalue weighted by Crippen LogP contribution is 2.54. The SMILES string of the molecule is C/C=C(\C=C/N)c1cccc(-n2c3ccc(-c4cccc(-c5cccc6c5sc5ccccc56)c4)cc3c3c(-c4ccccc4)c(-c4ccccc4)c(-c4ccccc4)c(-c4ccccc4)c32)n1. The molecule has 9 aromatic carbocycles. The van der Waals surface area contributed by atoms with E-state index in [1.54, 1.807) is 6.20 Å². The van der Waals surface area contributed by atoms with E-state index in [0.29, 0.717) is 0 Å². The molecule has 2 N–H and O–H groups in total. The zero-order chi connectivity index (χ0) is 45.6.